The molecular formula is C16H16BN3O5. The van der Waals surface area contributed by atoms with E-state index in [1.807, 2.05) is 0 Å². The molecule has 3 rings (SSSR count). The number of carboxylic acids is 1. The van der Waals surface area contributed by atoms with Gasteiger partial charge in [-0.05, 0) is 41.7 Å². The highest BCUT2D eigenvalue weighted by molar-refractivity contribution is 6.62. The molecule has 5 N–H and O–H groups in total. The molecule has 0 saturated heterocycles. The number of benzene rings is 1. The maximum absolute atomic E-state index is 11.0. The second kappa shape index (κ2) is 6.54. The smallest absolute Gasteiger partial charge is 0.481 e. The Kier molecular flexibility index (Phi) is 4.43. The molecular weight excluding hydrogens is 325 g/mol. The SMILES string of the molecule is Cc1cc(Oc2cc(C(=N)N)ccn2)cc2c1C(CC(=O)O)OB2O. The van der Waals surface area contributed by atoms with Crippen molar-refractivity contribution in [3.05, 3.63) is 47.2 Å². The van der Waals surface area contributed by atoms with Crippen LogP contribution in [0.4, 0.5) is 0 Å². The lowest BCUT2D eigenvalue weighted by molar-refractivity contribution is -0.138. The summed E-state index contributed by atoms with van der Waals surface area (Å²) in [6, 6.07) is 6.44. The van der Waals surface area contributed by atoms with Gasteiger partial charge in [0.2, 0.25) is 5.88 Å². The average Bonchev–Trinajstić information content (AvgIpc) is 2.83. The monoisotopic (exact) mass is 341 g/mol. The van der Waals surface area contributed by atoms with Crippen LogP contribution in [-0.4, -0.2) is 34.0 Å². The van der Waals surface area contributed by atoms with Crippen LogP contribution in [-0.2, 0) is 9.45 Å². The molecule has 25 heavy (non-hydrogen) atoms. The maximum Gasteiger partial charge on any atom is 0.492 e. The molecule has 0 bridgehead atoms. The van der Waals surface area contributed by atoms with Crippen LogP contribution in [0.5, 0.6) is 11.6 Å². The van der Waals surface area contributed by atoms with Crippen molar-refractivity contribution < 1.29 is 24.3 Å². The van der Waals surface area contributed by atoms with E-state index in [0.29, 0.717) is 22.3 Å². The summed E-state index contributed by atoms with van der Waals surface area (Å²) in [5.74, 6) is -0.432. The van der Waals surface area contributed by atoms with E-state index in [1.54, 1.807) is 25.1 Å². The first-order chi connectivity index (χ1) is 11.8. The van der Waals surface area contributed by atoms with Gasteiger partial charge < -0.3 is 25.3 Å². The van der Waals surface area contributed by atoms with Gasteiger partial charge in [-0.15, -0.1) is 0 Å². The summed E-state index contributed by atoms with van der Waals surface area (Å²) in [5.41, 5.74) is 7.81. The number of nitrogens with two attached hydrogens (primary N) is 1. The minimum Gasteiger partial charge on any atom is -0.481 e. The topological polar surface area (TPSA) is 139 Å². The number of aromatic nitrogens is 1. The van der Waals surface area contributed by atoms with Crippen molar-refractivity contribution in [3.8, 4) is 11.6 Å². The van der Waals surface area contributed by atoms with E-state index in [-0.39, 0.29) is 18.1 Å². The Morgan fingerprint density at radius 1 is 1.48 bits per heavy atom. The van der Waals surface area contributed by atoms with Gasteiger partial charge >= 0.3 is 13.1 Å². The number of aryl methyl sites for hydroxylation is 1. The summed E-state index contributed by atoms with van der Waals surface area (Å²) in [5, 5.41) is 26.5. The number of pyridine rings is 1. The fourth-order valence-corrected chi connectivity index (χ4v) is 2.85. The number of nitrogen functional groups attached to an aromatic ring is 1. The van der Waals surface area contributed by atoms with Gasteiger partial charge in [0.15, 0.2) is 0 Å². The molecule has 1 atom stereocenters. The molecule has 0 saturated carbocycles. The largest absolute Gasteiger partial charge is 0.492 e. The number of hydrogen-bond acceptors (Lipinski definition) is 6. The first-order valence-corrected chi connectivity index (χ1v) is 7.53. The lowest BCUT2D eigenvalue weighted by Gasteiger charge is -2.13. The zero-order valence-corrected chi connectivity index (χ0v) is 13.4. The maximum atomic E-state index is 11.0. The van der Waals surface area contributed by atoms with Crippen LogP contribution in [0.25, 0.3) is 0 Å². The molecule has 0 radical (unpaired) electrons. The molecule has 9 heteroatoms. The summed E-state index contributed by atoms with van der Waals surface area (Å²) in [6.45, 7) is 1.79. The molecule has 0 fully saturated rings. The number of rotatable bonds is 5. The van der Waals surface area contributed by atoms with E-state index in [2.05, 4.69) is 4.98 Å². The van der Waals surface area contributed by atoms with E-state index in [4.69, 9.17) is 25.6 Å². The van der Waals surface area contributed by atoms with Crippen molar-refractivity contribution in [3.63, 3.8) is 0 Å². The quantitative estimate of drug-likeness (QED) is 0.357. The summed E-state index contributed by atoms with van der Waals surface area (Å²) in [6.07, 6.45) is 0.552. The van der Waals surface area contributed by atoms with E-state index >= 15 is 0 Å². The fraction of sp³-hybridized carbons (Fsp3) is 0.188. The molecule has 8 nitrogen and oxygen atoms in total. The second-order valence-corrected chi connectivity index (χ2v) is 5.72. The van der Waals surface area contributed by atoms with Gasteiger partial charge in [-0.3, -0.25) is 10.2 Å². The van der Waals surface area contributed by atoms with Gasteiger partial charge in [-0.25, -0.2) is 4.98 Å². The normalized spacial score (nSPS) is 15.8. The zero-order valence-electron chi connectivity index (χ0n) is 13.4. The van der Waals surface area contributed by atoms with Gasteiger partial charge in [-0.1, -0.05) is 0 Å². The molecule has 0 spiro atoms. The highest BCUT2D eigenvalue weighted by Crippen LogP contribution is 2.32. The zero-order chi connectivity index (χ0) is 18.1. The van der Waals surface area contributed by atoms with Crippen molar-refractivity contribution >= 4 is 24.4 Å². The summed E-state index contributed by atoms with van der Waals surface area (Å²) in [7, 11) is -1.21. The Bertz CT molecular complexity index is 858. The summed E-state index contributed by atoms with van der Waals surface area (Å²) in [4.78, 5) is 15.0. The Hall–Kier alpha value is -2.91. The van der Waals surface area contributed by atoms with Crippen molar-refractivity contribution in [1.82, 2.24) is 4.98 Å². The number of aliphatic carboxylic acids is 1. The number of fused-ring (bicyclic) bond motifs is 1. The Morgan fingerprint density at radius 3 is 2.92 bits per heavy atom. The van der Waals surface area contributed by atoms with Crippen molar-refractivity contribution in [2.45, 2.75) is 19.4 Å². The lowest BCUT2D eigenvalue weighted by Crippen LogP contribution is -2.28. The molecule has 1 aromatic carbocycles. The Morgan fingerprint density at radius 2 is 2.24 bits per heavy atom. The molecule has 2 heterocycles. The third kappa shape index (κ3) is 3.47. The molecule has 1 aromatic heterocycles. The number of hydrogen-bond donors (Lipinski definition) is 4. The number of ether oxygens (including phenoxy) is 1. The first-order valence-electron chi connectivity index (χ1n) is 7.53. The predicted molar refractivity (Wildman–Crippen MR) is 90.2 cm³/mol. The number of carbonyl (C=O) groups is 1. The standard InChI is InChI=1S/C16H16BN3O5/c1-8-4-10(24-13-5-9(16(18)19)2-3-20-13)6-11-15(8)12(7-14(21)22)25-17(11)23/h2-6,12,23H,7H2,1H3,(H3,18,19)(H,21,22). The number of nitrogens with one attached hydrogen (secondary N) is 1. The van der Waals surface area contributed by atoms with Crippen LogP contribution in [0, 0.1) is 12.3 Å². The van der Waals surface area contributed by atoms with E-state index < -0.39 is 19.2 Å². The predicted octanol–water partition coefficient (Wildman–Crippen LogP) is 0.700. The van der Waals surface area contributed by atoms with Crippen LogP contribution in [0.1, 0.15) is 29.2 Å². The Labute approximate surface area is 143 Å². The third-order valence-corrected chi connectivity index (χ3v) is 3.90. The highest BCUT2D eigenvalue weighted by atomic mass is 16.5. The minimum absolute atomic E-state index is 0.0993. The van der Waals surface area contributed by atoms with Crippen molar-refractivity contribution in [2.24, 2.45) is 5.73 Å². The lowest BCUT2D eigenvalue weighted by atomic mass is 9.77. The molecule has 128 valence electrons. The molecule has 0 amide bonds. The van der Waals surface area contributed by atoms with Crippen LogP contribution in [0.2, 0.25) is 0 Å². The van der Waals surface area contributed by atoms with Crippen LogP contribution < -0.4 is 15.9 Å². The van der Waals surface area contributed by atoms with Crippen molar-refractivity contribution in [1.29, 1.82) is 5.41 Å². The molecule has 1 aliphatic heterocycles. The highest BCUT2D eigenvalue weighted by Gasteiger charge is 2.37. The Balaban J connectivity index is 1.92. The van der Waals surface area contributed by atoms with Crippen LogP contribution in [0.3, 0.4) is 0 Å². The van der Waals surface area contributed by atoms with Gasteiger partial charge in [0.25, 0.3) is 0 Å². The van der Waals surface area contributed by atoms with E-state index in [1.165, 1.54) is 12.3 Å². The van der Waals surface area contributed by atoms with Gasteiger partial charge in [0.05, 0.1) is 12.5 Å². The fourth-order valence-electron chi connectivity index (χ4n) is 2.85. The second-order valence-electron chi connectivity index (χ2n) is 5.72. The summed E-state index contributed by atoms with van der Waals surface area (Å²) < 4.78 is 11.0. The van der Waals surface area contributed by atoms with Gasteiger partial charge in [-0.2, -0.15) is 0 Å². The summed E-state index contributed by atoms with van der Waals surface area (Å²) >= 11 is 0. The van der Waals surface area contributed by atoms with Gasteiger partial charge in [0.1, 0.15) is 11.6 Å². The molecule has 1 aliphatic rings. The minimum atomic E-state index is -1.21. The number of amidine groups is 1. The first kappa shape index (κ1) is 16.9. The van der Waals surface area contributed by atoms with Gasteiger partial charge in [0, 0.05) is 17.8 Å². The number of nitrogens with zero attached hydrogens (tertiary/aromatic N) is 1. The van der Waals surface area contributed by atoms with Crippen molar-refractivity contribution in [2.75, 3.05) is 0 Å². The van der Waals surface area contributed by atoms with Crippen LogP contribution in [0.15, 0.2) is 30.5 Å². The third-order valence-electron chi connectivity index (χ3n) is 3.90. The molecule has 1 unspecified atom stereocenters. The van der Waals surface area contributed by atoms with E-state index in [9.17, 15) is 9.82 Å². The van der Waals surface area contributed by atoms with E-state index in [0.717, 1.165) is 5.56 Å². The number of carboxylic acid groups (broad SMARTS) is 1. The average molecular weight is 341 g/mol. The van der Waals surface area contributed by atoms with Crippen LogP contribution >= 0.6 is 0 Å². The molecule has 0 aliphatic carbocycles. The molecule has 2 aromatic rings.